The van der Waals surface area contributed by atoms with Gasteiger partial charge in [-0.05, 0) is 45.2 Å². The Hall–Kier alpha value is -4.38. The number of Topliss-reactive ketones (excluding diaryl/α,β-unsaturated/α-hetero) is 1. The number of ether oxygens (including phenoxy) is 1. The van der Waals surface area contributed by atoms with Gasteiger partial charge in [-0.3, -0.25) is 9.48 Å². The molecular formula is C26H31N9O2. The second kappa shape index (κ2) is 10.7. The maximum atomic E-state index is 12.7. The SMILES string of the molecule is CCC(=O)c1cnc(Nc2ccc(C(C)(C)NC)nn2)cc1Nc1cccc(-c2ncn(C)n2)c1OC. The molecule has 11 heteroatoms. The number of aryl methyl sites for hydroxylation is 1. The molecule has 0 atom stereocenters. The van der Waals surface area contributed by atoms with E-state index < -0.39 is 0 Å². The van der Waals surface area contributed by atoms with Gasteiger partial charge in [0.05, 0.1) is 40.8 Å². The van der Waals surface area contributed by atoms with E-state index in [0.29, 0.717) is 46.6 Å². The second-order valence-electron chi connectivity index (χ2n) is 8.95. The van der Waals surface area contributed by atoms with Gasteiger partial charge in [-0.2, -0.15) is 10.2 Å². The lowest BCUT2D eigenvalue weighted by Crippen LogP contribution is -2.34. The van der Waals surface area contributed by atoms with Crippen molar-refractivity contribution in [2.75, 3.05) is 24.8 Å². The number of ketones is 1. The maximum absolute atomic E-state index is 12.7. The van der Waals surface area contributed by atoms with Crippen molar-refractivity contribution >= 4 is 28.8 Å². The average Bonchev–Trinajstić information content (AvgIpc) is 3.34. The Labute approximate surface area is 215 Å². The third-order valence-corrected chi connectivity index (χ3v) is 6.04. The van der Waals surface area contributed by atoms with Crippen LogP contribution in [0, 0.1) is 0 Å². The van der Waals surface area contributed by atoms with Crippen LogP contribution in [-0.4, -0.2) is 49.9 Å². The average molecular weight is 502 g/mol. The molecule has 3 N–H and O–H groups in total. The van der Waals surface area contributed by atoms with Gasteiger partial charge in [0.25, 0.3) is 0 Å². The van der Waals surface area contributed by atoms with Crippen LogP contribution in [0.1, 0.15) is 43.2 Å². The van der Waals surface area contributed by atoms with Crippen LogP contribution in [0.4, 0.5) is 23.0 Å². The molecule has 0 bridgehead atoms. The Morgan fingerprint density at radius 2 is 1.86 bits per heavy atom. The zero-order valence-corrected chi connectivity index (χ0v) is 21.8. The number of pyridine rings is 1. The smallest absolute Gasteiger partial charge is 0.184 e. The molecular weight excluding hydrogens is 470 g/mol. The molecule has 3 heterocycles. The maximum Gasteiger partial charge on any atom is 0.184 e. The van der Waals surface area contributed by atoms with E-state index in [2.05, 4.69) is 41.2 Å². The Morgan fingerprint density at radius 1 is 1.05 bits per heavy atom. The number of hydrogen-bond donors (Lipinski definition) is 3. The van der Waals surface area contributed by atoms with Gasteiger partial charge in [0.15, 0.2) is 23.2 Å². The highest BCUT2D eigenvalue weighted by Crippen LogP contribution is 2.37. The molecule has 192 valence electrons. The van der Waals surface area contributed by atoms with Gasteiger partial charge in [0.2, 0.25) is 0 Å². The van der Waals surface area contributed by atoms with Crippen LogP contribution >= 0.6 is 0 Å². The predicted molar refractivity (Wildman–Crippen MR) is 143 cm³/mol. The number of benzene rings is 1. The Morgan fingerprint density at radius 3 is 2.49 bits per heavy atom. The van der Waals surface area contributed by atoms with E-state index in [1.54, 1.807) is 37.4 Å². The largest absolute Gasteiger partial charge is 0.494 e. The van der Waals surface area contributed by atoms with Crippen LogP contribution in [0.3, 0.4) is 0 Å². The summed E-state index contributed by atoms with van der Waals surface area (Å²) in [6.07, 6.45) is 3.52. The molecule has 11 nitrogen and oxygen atoms in total. The molecule has 0 aliphatic heterocycles. The van der Waals surface area contributed by atoms with Crippen molar-refractivity contribution in [1.82, 2.24) is 35.3 Å². The molecule has 37 heavy (non-hydrogen) atoms. The molecule has 4 aromatic rings. The van der Waals surface area contributed by atoms with Gasteiger partial charge in [-0.15, -0.1) is 5.10 Å². The summed E-state index contributed by atoms with van der Waals surface area (Å²) >= 11 is 0. The van der Waals surface area contributed by atoms with Gasteiger partial charge < -0.3 is 20.7 Å². The van der Waals surface area contributed by atoms with Crippen molar-refractivity contribution in [3.8, 4) is 17.1 Å². The molecule has 1 aromatic carbocycles. The van der Waals surface area contributed by atoms with Gasteiger partial charge in [0, 0.05) is 25.7 Å². The van der Waals surface area contributed by atoms with Gasteiger partial charge in [-0.1, -0.05) is 13.0 Å². The van der Waals surface area contributed by atoms with Crippen LogP contribution in [0.2, 0.25) is 0 Å². The Kier molecular flexibility index (Phi) is 7.44. The number of carbonyl (C=O) groups excluding carboxylic acids is 1. The van der Waals surface area contributed by atoms with Crippen molar-refractivity contribution in [1.29, 1.82) is 0 Å². The lowest BCUT2D eigenvalue weighted by atomic mass is 10.0. The van der Waals surface area contributed by atoms with E-state index in [1.165, 1.54) is 0 Å². The topological polar surface area (TPSA) is 132 Å². The molecule has 4 rings (SSSR count). The lowest BCUT2D eigenvalue weighted by Gasteiger charge is -2.22. The Bertz CT molecular complexity index is 1400. The van der Waals surface area contributed by atoms with Crippen molar-refractivity contribution in [2.24, 2.45) is 7.05 Å². The molecule has 0 fully saturated rings. The van der Waals surface area contributed by atoms with Crippen LogP contribution in [0.5, 0.6) is 5.75 Å². The van der Waals surface area contributed by atoms with E-state index in [-0.39, 0.29) is 11.3 Å². The normalized spacial score (nSPS) is 11.3. The number of carbonyl (C=O) groups is 1. The number of nitrogens with zero attached hydrogens (tertiary/aromatic N) is 6. The molecule has 0 unspecified atom stereocenters. The number of methoxy groups -OCH3 is 1. The summed E-state index contributed by atoms with van der Waals surface area (Å²) in [6.45, 7) is 5.87. The van der Waals surface area contributed by atoms with Gasteiger partial charge in [0.1, 0.15) is 12.1 Å². The summed E-state index contributed by atoms with van der Waals surface area (Å²) in [6, 6.07) is 11.1. The molecule has 0 spiro atoms. The summed E-state index contributed by atoms with van der Waals surface area (Å²) < 4.78 is 7.35. The van der Waals surface area contributed by atoms with Crippen molar-refractivity contribution in [2.45, 2.75) is 32.7 Å². The zero-order chi connectivity index (χ0) is 26.6. The highest BCUT2D eigenvalue weighted by Gasteiger charge is 2.20. The fourth-order valence-corrected chi connectivity index (χ4v) is 3.67. The first kappa shape index (κ1) is 25.7. The summed E-state index contributed by atoms with van der Waals surface area (Å²) in [5.74, 6) is 2.09. The molecule has 3 aromatic heterocycles. The third-order valence-electron chi connectivity index (χ3n) is 6.04. The fraction of sp³-hybridized carbons (Fsp3) is 0.308. The van der Waals surface area contributed by atoms with E-state index in [4.69, 9.17) is 4.74 Å². The highest BCUT2D eigenvalue weighted by atomic mass is 16.5. The minimum atomic E-state index is -0.304. The second-order valence-corrected chi connectivity index (χ2v) is 8.95. The molecule has 0 radical (unpaired) electrons. The fourth-order valence-electron chi connectivity index (χ4n) is 3.67. The van der Waals surface area contributed by atoms with Gasteiger partial charge >= 0.3 is 0 Å². The lowest BCUT2D eigenvalue weighted by molar-refractivity contribution is 0.0988. The molecule has 0 saturated carbocycles. The highest BCUT2D eigenvalue weighted by molar-refractivity contribution is 6.02. The number of hydrogen-bond acceptors (Lipinski definition) is 10. The monoisotopic (exact) mass is 501 g/mol. The summed E-state index contributed by atoms with van der Waals surface area (Å²) in [4.78, 5) is 21.5. The van der Waals surface area contributed by atoms with E-state index in [9.17, 15) is 4.79 Å². The summed E-state index contributed by atoms with van der Waals surface area (Å²) in [7, 11) is 5.27. The molecule has 0 saturated heterocycles. The first-order valence-corrected chi connectivity index (χ1v) is 11.9. The van der Waals surface area contributed by atoms with E-state index in [1.807, 2.05) is 58.2 Å². The molecule has 0 aliphatic carbocycles. The number of rotatable bonds is 10. The predicted octanol–water partition coefficient (Wildman–Crippen LogP) is 4.21. The van der Waals surface area contributed by atoms with E-state index in [0.717, 1.165) is 11.3 Å². The standard InChI is InChI=1S/C26H31N9O2/c1-7-20(36)17-14-28-23(31-22-12-11-21(32-33-22)26(2,3)27-4)13-19(17)30-18-10-8-9-16(24(18)37-6)25-29-15-35(5)34-25/h8-15,27H,7H2,1-6H3,(H2,28,30,31,33). The first-order valence-electron chi connectivity index (χ1n) is 11.9. The third kappa shape index (κ3) is 5.56. The van der Waals surface area contributed by atoms with Crippen molar-refractivity contribution in [3.63, 3.8) is 0 Å². The summed E-state index contributed by atoms with van der Waals surface area (Å²) in [5, 5.41) is 22.7. The number of para-hydroxylation sites is 1. The van der Waals surface area contributed by atoms with Crippen LogP contribution in [-0.2, 0) is 12.6 Å². The molecule has 0 amide bonds. The number of anilines is 4. The zero-order valence-electron chi connectivity index (χ0n) is 21.8. The quantitative estimate of drug-likeness (QED) is 0.271. The summed E-state index contributed by atoms with van der Waals surface area (Å²) in [5.41, 5.74) is 2.94. The first-order chi connectivity index (χ1) is 17.7. The minimum Gasteiger partial charge on any atom is -0.494 e. The van der Waals surface area contributed by atoms with Crippen LogP contribution in [0.25, 0.3) is 11.4 Å². The van der Waals surface area contributed by atoms with Gasteiger partial charge in [-0.25, -0.2) is 9.97 Å². The number of nitrogens with one attached hydrogen (secondary N) is 3. The Balaban J connectivity index is 1.68. The molecule has 0 aliphatic rings. The van der Waals surface area contributed by atoms with Crippen molar-refractivity contribution < 1.29 is 9.53 Å². The van der Waals surface area contributed by atoms with Crippen LogP contribution < -0.4 is 20.7 Å². The van der Waals surface area contributed by atoms with Crippen LogP contribution in [0.15, 0.2) is 48.9 Å². The van der Waals surface area contributed by atoms with Crippen molar-refractivity contribution in [3.05, 3.63) is 60.2 Å². The number of aromatic nitrogens is 6. The van der Waals surface area contributed by atoms with E-state index >= 15 is 0 Å². The minimum absolute atomic E-state index is 0.0403.